The highest BCUT2D eigenvalue weighted by Crippen LogP contribution is 2.46. The quantitative estimate of drug-likeness (QED) is 0.677. The third-order valence-electron chi connectivity index (χ3n) is 3.00. The van der Waals surface area contributed by atoms with Gasteiger partial charge < -0.3 is 16.2 Å². The van der Waals surface area contributed by atoms with Crippen LogP contribution in [-0.2, 0) is 9.59 Å². The van der Waals surface area contributed by atoms with Crippen molar-refractivity contribution in [3.63, 3.8) is 0 Å². The van der Waals surface area contributed by atoms with Crippen molar-refractivity contribution in [1.29, 1.82) is 0 Å². The number of amides is 2. The number of hydrogen-bond acceptors (Lipinski definition) is 3. The molecule has 1 aliphatic rings. The van der Waals surface area contributed by atoms with Crippen LogP contribution in [-0.4, -0.2) is 22.9 Å². The first kappa shape index (κ1) is 12.1. The van der Waals surface area contributed by atoms with Crippen molar-refractivity contribution in [3.05, 3.63) is 29.8 Å². The van der Waals surface area contributed by atoms with Gasteiger partial charge >= 0.3 is 5.97 Å². The number of carbonyl (C=O) groups is 3. The average Bonchev–Trinajstić information content (AvgIpc) is 3.10. The zero-order valence-corrected chi connectivity index (χ0v) is 9.47. The molecule has 1 aromatic carbocycles. The summed E-state index contributed by atoms with van der Waals surface area (Å²) in [5.41, 5.74) is 4.43. The maximum Gasteiger partial charge on any atom is 0.319 e. The van der Waals surface area contributed by atoms with Crippen LogP contribution in [0.4, 0.5) is 5.69 Å². The molecule has 0 bridgehead atoms. The van der Waals surface area contributed by atoms with Crippen molar-refractivity contribution in [2.75, 3.05) is 5.32 Å². The number of rotatable bonds is 4. The van der Waals surface area contributed by atoms with E-state index in [1.807, 2.05) is 0 Å². The lowest BCUT2D eigenvalue weighted by Crippen LogP contribution is -2.31. The lowest BCUT2D eigenvalue weighted by molar-refractivity contribution is -0.147. The molecule has 1 aliphatic carbocycles. The molecule has 1 saturated carbocycles. The van der Waals surface area contributed by atoms with Crippen LogP contribution in [0.1, 0.15) is 23.2 Å². The Morgan fingerprint density at radius 2 is 1.94 bits per heavy atom. The van der Waals surface area contributed by atoms with Crippen LogP contribution in [0.3, 0.4) is 0 Å². The zero-order valence-electron chi connectivity index (χ0n) is 9.47. The molecular formula is C12H12N2O4. The molecule has 0 radical (unpaired) electrons. The molecule has 2 rings (SSSR count). The zero-order chi connectivity index (χ0) is 13.3. The Kier molecular flexibility index (Phi) is 2.78. The summed E-state index contributed by atoms with van der Waals surface area (Å²) in [7, 11) is 0. The number of benzene rings is 1. The second-order valence-corrected chi connectivity index (χ2v) is 4.29. The van der Waals surface area contributed by atoms with Gasteiger partial charge in [0.2, 0.25) is 11.8 Å². The molecule has 0 heterocycles. The van der Waals surface area contributed by atoms with E-state index in [0.717, 1.165) is 0 Å². The molecule has 0 atom stereocenters. The number of nitrogens with one attached hydrogen (secondary N) is 1. The molecule has 4 N–H and O–H groups in total. The van der Waals surface area contributed by atoms with Gasteiger partial charge in [-0.25, -0.2) is 0 Å². The number of carbonyl (C=O) groups excluding carboxylic acids is 2. The first-order chi connectivity index (χ1) is 8.45. The van der Waals surface area contributed by atoms with Crippen LogP contribution in [0.2, 0.25) is 0 Å². The third-order valence-corrected chi connectivity index (χ3v) is 3.00. The normalized spacial score (nSPS) is 15.8. The number of carboxylic acid groups (broad SMARTS) is 1. The minimum Gasteiger partial charge on any atom is -0.480 e. The molecule has 1 aromatic rings. The van der Waals surface area contributed by atoms with E-state index < -0.39 is 23.2 Å². The fourth-order valence-corrected chi connectivity index (χ4v) is 1.66. The molecule has 0 spiro atoms. The first-order valence-electron chi connectivity index (χ1n) is 5.40. The van der Waals surface area contributed by atoms with Gasteiger partial charge in [-0.15, -0.1) is 0 Å². The summed E-state index contributed by atoms with van der Waals surface area (Å²) in [6.07, 6.45) is 0.674. The van der Waals surface area contributed by atoms with Crippen LogP contribution in [0.25, 0.3) is 0 Å². The van der Waals surface area contributed by atoms with E-state index in [1.165, 1.54) is 12.1 Å². The second-order valence-electron chi connectivity index (χ2n) is 4.29. The van der Waals surface area contributed by atoms with Gasteiger partial charge in [-0.2, -0.15) is 0 Å². The molecule has 0 aliphatic heterocycles. The number of aliphatic carboxylic acids is 1. The van der Waals surface area contributed by atoms with Crippen LogP contribution in [0.5, 0.6) is 0 Å². The summed E-state index contributed by atoms with van der Waals surface area (Å²) in [5.74, 6) is -2.28. The van der Waals surface area contributed by atoms with Gasteiger partial charge in [-0.3, -0.25) is 14.4 Å². The van der Waals surface area contributed by atoms with Gasteiger partial charge in [0.25, 0.3) is 0 Å². The van der Waals surface area contributed by atoms with Gasteiger partial charge in [-0.05, 0) is 31.0 Å². The van der Waals surface area contributed by atoms with E-state index >= 15 is 0 Å². The summed E-state index contributed by atoms with van der Waals surface area (Å²) >= 11 is 0. The van der Waals surface area contributed by atoms with Gasteiger partial charge in [0, 0.05) is 11.3 Å². The van der Waals surface area contributed by atoms with Gasteiger partial charge in [0.15, 0.2) is 0 Å². The van der Waals surface area contributed by atoms with E-state index in [2.05, 4.69) is 5.32 Å². The SMILES string of the molecule is NC(=O)c1cccc(NC(=O)C2(C(=O)O)CC2)c1. The van der Waals surface area contributed by atoms with Crippen molar-refractivity contribution < 1.29 is 19.5 Å². The molecule has 1 fully saturated rings. The molecule has 0 unspecified atom stereocenters. The van der Waals surface area contributed by atoms with E-state index in [1.54, 1.807) is 12.1 Å². The number of carboxylic acids is 1. The van der Waals surface area contributed by atoms with Gasteiger partial charge in [0.1, 0.15) is 5.41 Å². The molecule has 18 heavy (non-hydrogen) atoms. The average molecular weight is 248 g/mol. The Morgan fingerprint density at radius 1 is 1.28 bits per heavy atom. The van der Waals surface area contributed by atoms with Gasteiger partial charge in [0.05, 0.1) is 0 Å². The summed E-state index contributed by atoms with van der Waals surface area (Å²) in [6, 6.07) is 6.07. The molecule has 0 saturated heterocycles. The Balaban J connectivity index is 2.15. The molecule has 2 amide bonds. The summed E-state index contributed by atoms with van der Waals surface area (Å²) in [4.78, 5) is 33.7. The fourth-order valence-electron chi connectivity index (χ4n) is 1.66. The lowest BCUT2D eigenvalue weighted by Gasteiger charge is -2.11. The monoisotopic (exact) mass is 248 g/mol. The highest BCUT2D eigenvalue weighted by molar-refractivity contribution is 6.11. The van der Waals surface area contributed by atoms with Crippen molar-refractivity contribution >= 4 is 23.5 Å². The highest BCUT2D eigenvalue weighted by atomic mass is 16.4. The highest BCUT2D eigenvalue weighted by Gasteiger charge is 2.57. The molecular weight excluding hydrogens is 236 g/mol. The predicted octanol–water partition coefficient (Wildman–Crippen LogP) is 0.589. The van der Waals surface area contributed by atoms with Crippen LogP contribution < -0.4 is 11.1 Å². The van der Waals surface area contributed by atoms with Crippen LogP contribution >= 0.6 is 0 Å². The maximum atomic E-state index is 11.8. The van der Waals surface area contributed by atoms with Crippen LogP contribution in [0.15, 0.2) is 24.3 Å². The minimum absolute atomic E-state index is 0.257. The molecule has 94 valence electrons. The molecule has 0 aromatic heterocycles. The largest absolute Gasteiger partial charge is 0.480 e. The lowest BCUT2D eigenvalue weighted by atomic mass is 10.1. The number of nitrogens with two attached hydrogens (primary N) is 1. The van der Waals surface area contributed by atoms with Crippen LogP contribution in [0, 0.1) is 5.41 Å². The number of anilines is 1. The minimum atomic E-state index is -1.30. The van der Waals surface area contributed by atoms with Crippen molar-refractivity contribution in [3.8, 4) is 0 Å². The second kappa shape index (κ2) is 4.14. The van der Waals surface area contributed by atoms with Crippen molar-refractivity contribution in [1.82, 2.24) is 0 Å². The topological polar surface area (TPSA) is 109 Å². The Bertz CT molecular complexity index is 535. The van der Waals surface area contributed by atoms with E-state index in [-0.39, 0.29) is 5.56 Å². The Labute approximate surface area is 103 Å². The van der Waals surface area contributed by atoms with E-state index in [0.29, 0.717) is 18.5 Å². The summed E-state index contributed by atoms with van der Waals surface area (Å²) in [5, 5.41) is 11.5. The van der Waals surface area contributed by atoms with E-state index in [9.17, 15) is 14.4 Å². The fraction of sp³-hybridized carbons (Fsp3) is 0.250. The third kappa shape index (κ3) is 2.04. The molecule has 6 heteroatoms. The van der Waals surface area contributed by atoms with Crippen molar-refractivity contribution in [2.24, 2.45) is 11.1 Å². The first-order valence-corrected chi connectivity index (χ1v) is 5.40. The smallest absolute Gasteiger partial charge is 0.319 e. The predicted molar refractivity (Wildman–Crippen MR) is 62.9 cm³/mol. The Hall–Kier alpha value is -2.37. The summed E-state index contributed by atoms with van der Waals surface area (Å²) in [6.45, 7) is 0. The standard InChI is InChI=1S/C12H12N2O4/c13-9(15)7-2-1-3-8(6-7)14-10(16)12(4-5-12)11(17)18/h1-3,6H,4-5H2,(H2,13,15)(H,14,16)(H,17,18). The van der Waals surface area contributed by atoms with Gasteiger partial charge in [-0.1, -0.05) is 6.07 Å². The maximum absolute atomic E-state index is 11.8. The molecule has 6 nitrogen and oxygen atoms in total. The number of primary amides is 1. The summed E-state index contributed by atoms with van der Waals surface area (Å²) < 4.78 is 0. The Morgan fingerprint density at radius 3 is 2.44 bits per heavy atom. The van der Waals surface area contributed by atoms with E-state index in [4.69, 9.17) is 10.8 Å². The number of hydrogen-bond donors (Lipinski definition) is 3. The van der Waals surface area contributed by atoms with Crippen molar-refractivity contribution in [2.45, 2.75) is 12.8 Å².